The van der Waals surface area contributed by atoms with Crippen LogP contribution in [0.2, 0.25) is 0 Å². The summed E-state index contributed by atoms with van der Waals surface area (Å²) in [5, 5.41) is 0. The van der Waals surface area contributed by atoms with E-state index in [4.69, 9.17) is 9.15 Å². The Labute approximate surface area is 193 Å². The number of hydrogen-bond donors (Lipinski definition) is 0. The highest BCUT2D eigenvalue weighted by molar-refractivity contribution is 7.89. The third kappa shape index (κ3) is 4.79. The van der Waals surface area contributed by atoms with Gasteiger partial charge in [-0.2, -0.15) is 4.31 Å². The average Bonchev–Trinajstić information content (AvgIpc) is 3.38. The number of ketones is 1. The smallest absolute Gasteiger partial charge is 0.354 e. The summed E-state index contributed by atoms with van der Waals surface area (Å²) in [6.07, 6.45) is 1.45. The van der Waals surface area contributed by atoms with Crippen LogP contribution in [0, 0.1) is 20.8 Å². The highest BCUT2D eigenvalue weighted by atomic mass is 32.2. The second-order valence-electron chi connectivity index (χ2n) is 7.76. The molecule has 0 bridgehead atoms. The molecule has 9 heteroatoms. The van der Waals surface area contributed by atoms with Gasteiger partial charge in [0.2, 0.25) is 10.0 Å². The largest absolute Gasteiger partial charge is 0.468 e. The van der Waals surface area contributed by atoms with Crippen LogP contribution in [0.4, 0.5) is 0 Å². The van der Waals surface area contributed by atoms with Crippen LogP contribution in [0.1, 0.15) is 50.4 Å². The van der Waals surface area contributed by atoms with Crippen molar-refractivity contribution in [1.82, 2.24) is 8.87 Å². The first-order valence-corrected chi connectivity index (χ1v) is 12.0. The van der Waals surface area contributed by atoms with Crippen LogP contribution in [0.5, 0.6) is 0 Å². The summed E-state index contributed by atoms with van der Waals surface area (Å²) in [6.45, 7) is 7.08. The minimum atomic E-state index is -4.00. The highest BCUT2D eigenvalue weighted by Crippen LogP contribution is 2.26. The van der Waals surface area contributed by atoms with Crippen LogP contribution in [-0.2, 0) is 27.8 Å². The predicted octanol–water partition coefficient (Wildman–Crippen LogP) is 3.89. The lowest BCUT2D eigenvalue weighted by atomic mass is 10.1. The van der Waals surface area contributed by atoms with E-state index in [1.165, 1.54) is 25.5 Å². The monoisotopic (exact) mass is 472 g/mol. The quantitative estimate of drug-likeness (QED) is 0.346. The van der Waals surface area contributed by atoms with E-state index in [9.17, 15) is 18.0 Å². The van der Waals surface area contributed by atoms with Gasteiger partial charge in [-0.1, -0.05) is 17.7 Å². The Balaban J connectivity index is 2.03. The Morgan fingerprint density at radius 3 is 2.30 bits per heavy atom. The SMILES string of the molecule is CCn1c(C)c(C(=O)CN(Cc2ccco2)S(=O)(=O)c2ccc(C)cc2)c(C)c1C(=O)OC. The summed E-state index contributed by atoms with van der Waals surface area (Å²) in [5.41, 5.74) is 2.59. The fourth-order valence-electron chi connectivity index (χ4n) is 3.96. The van der Waals surface area contributed by atoms with E-state index in [-0.39, 0.29) is 11.4 Å². The van der Waals surface area contributed by atoms with Crippen molar-refractivity contribution >= 4 is 21.8 Å². The normalized spacial score (nSPS) is 11.7. The van der Waals surface area contributed by atoms with Crippen molar-refractivity contribution in [3.8, 4) is 0 Å². The number of carbonyl (C=O) groups is 2. The van der Waals surface area contributed by atoms with Crippen LogP contribution in [0.15, 0.2) is 52.0 Å². The predicted molar refractivity (Wildman–Crippen MR) is 123 cm³/mol. The molecular formula is C24H28N2O6S. The van der Waals surface area contributed by atoms with E-state index in [2.05, 4.69) is 0 Å². The maximum absolute atomic E-state index is 13.4. The van der Waals surface area contributed by atoms with Crippen LogP contribution in [0.25, 0.3) is 0 Å². The first-order valence-electron chi connectivity index (χ1n) is 10.5. The van der Waals surface area contributed by atoms with Crippen molar-refractivity contribution in [1.29, 1.82) is 0 Å². The number of methoxy groups -OCH3 is 1. The van der Waals surface area contributed by atoms with E-state index in [1.54, 1.807) is 42.7 Å². The lowest BCUT2D eigenvalue weighted by Gasteiger charge is -2.21. The number of nitrogens with zero attached hydrogens (tertiary/aromatic N) is 2. The average molecular weight is 473 g/mol. The molecule has 0 atom stereocenters. The number of benzene rings is 1. The van der Waals surface area contributed by atoms with Gasteiger partial charge < -0.3 is 13.7 Å². The number of sulfonamides is 1. The second kappa shape index (κ2) is 9.76. The van der Waals surface area contributed by atoms with E-state index < -0.39 is 28.3 Å². The van der Waals surface area contributed by atoms with Gasteiger partial charge in [0, 0.05) is 17.8 Å². The van der Waals surface area contributed by atoms with Crippen LogP contribution in [0.3, 0.4) is 0 Å². The van der Waals surface area contributed by atoms with E-state index >= 15 is 0 Å². The molecular weight excluding hydrogens is 444 g/mol. The van der Waals surface area contributed by atoms with Gasteiger partial charge in [0.1, 0.15) is 11.5 Å². The number of aromatic nitrogens is 1. The van der Waals surface area contributed by atoms with Gasteiger partial charge in [0.15, 0.2) is 5.78 Å². The van der Waals surface area contributed by atoms with Gasteiger partial charge in [0.25, 0.3) is 0 Å². The molecule has 0 saturated carbocycles. The molecule has 0 spiro atoms. The Kier molecular flexibility index (Phi) is 7.24. The lowest BCUT2D eigenvalue weighted by Crippen LogP contribution is -2.35. The Morgan fingerprint density at radius 2 is 1.76 bits per heavy atom. The maximum Gasteiger partial charge on any atom is 0.354 e. The van der Waals surface area contributed by atoms with Gasteiger partial charge in [-0.25, -0.2) is 13.2 Å². The zero-order valence-corrected chi connectivity index (χ0v) is 20.2. The molecule has 3 aromatic rings. The summed E-state index contributed by atoms with van der Waals surface area (Å²) >= 11 is 0. The molecule has 0 amide bonds. The van der Waals surface area contributed by atoms with E-state index in [1.807, 2.05) is 13.8 Å². The standard InChI is InChI=1S/C24H28N2O6S/c1-6-26-18(4)22(17(3)23(26)24(28)31-5)21(27)15-25(14-19-8-7-13-32-19)33(29,30)20-11-9-16(2)10-12-20/h7-13H,6,14-15H2,1-5H3. The molecule has 176 valence electrons. The molecule has 0 N–H and O–H groups in total. The summed E-state index contributed by atoms with van der Waals surface area (Å²) in [7, 11) is -2.72. The number of rotatable bonds is 9. The Morgan fingerprint density at radius 1 is 1.09 bits per heavy atom. The van der Waals surface area contributed by atoms with Gasteiger partial charge in [-0.15, -0.1) is 0 Å². The zero-order valence-electron chi connectivity index (χ0n) is 19.4. The van der Waals surface area contributed by atoms with Crippen molar-refractivity contribution in [2.24, 2.45) is 0 Å². The van der Waals surface area contributed by atoms with Gasteiger partial charge in [-0.3, -0.25) is 4.79 Å². The molecule has 1 aromatic carbocycles. The number of Topliss-reactive ketones (excluding diaryl/α,β-unsaturated/α-hetero) is 1. The molecule has 8 nitrogen and oxygen atoms in total. The number of esters is 1. The first kappa shape index (κ1) is 24.5. The van der Waals surface area contributed by atoms with Crippen LogP contribution < -0.4 is 0 Å². The maximum atomic E-state index is 13.4. The van der Waals surface area contributed by atoms with Crippen molar-refractivity contribution < 1.29 is 27.2 Å². The van der Waals surface area contributed by atoms with Gasteiger partial charge in [-0.05, 0) is 57.5 Å². The first-order chi connectivity index (χ1) is 15.6. The summed E-state index contributed by atoms with van der Waals surface area (Å²) in [4.78, 5) is 25.9. The fraction of sp³-hybridized carbons (Fsp3) is 0.333. The number of ether oxygens (including phenoxy) is 1. The molecule has 0 unspecified atom stereocenters. The molecule has 0 fully saturated rings. The van der Waals surface area contributed by atoms with Crippen LogP contribution in [-0.4, -0.2) is 42.7 Å². The fourth-order valence-corrected chi connectivity index (χ4v) is 5.32. The molecule has 0 aliphatic carbocycles. The summed E-state index contributed by atoms with van der Waals surface area (Å²) < 4.78 is 39.9. The molecule has 3 rings (SSSR count). The number of furan rings is 1. The molecule has 0 saturated heterocycles. The number of aryl methyl sites for hydroxylation is 1. The lowest BCUT2D eigenvalue weighted by molar-refractivity contribution is 0.0587. The topological polar surface area (TPSA) is 98.8 Å². The van der Waals surface area contributed by atoms with Crippen LogP contribution >= 0.6 is 0 Å². The Bertz CT molecular complexity index is 1260. The molecule has 2 aromatic heterocycles. The highest BCUT2D eigenvalue weighted by Gasteiger charge is 2.32. The molecule has 33 heavy (non-hydrogen) atoms. The molecule has 0 radical (unpaired) electrons. The minimum absolute atomic E-state index is 0.0854. The summed E-state index contributed by atoms with van der Waals surface area (Å²) in [6, 6.07) is 9.76. The van der Waals surface area contributed by atoms with Gasteiger partial charge in [0.05, 0.1) is 31.4 Å². The van der Waals surface area contributed by atoms with Crippen molar-refractivity contribution in [2.75, 3.05) is 13.7 Å². The zero-order chi connectivity index (χ0) is 24.3. The third-order valence-corrected chi connectivity index (χ3v) is 7.44. The van der Waals surface area contributed by atoms with Crippen molar-refractivity contribution in [3.63, 3.8) is 0 Å². The summed E-state index contributed by atoms with van der Waals surface area (Å²) in [5.74, 6) is -0.547. The second-order valence-corrected chi connectivity index (χ2v) is 9.70. The van der Waals surface area contributed by atoms with Gasteiger partial charge >= 0.3 is 5.97 Å². The van der Waals surface area contributed by atoms with E-state index in [0.717, 1.165) is 9.87 Å². The number of hydrogen-bond acceptors (Lipinski definition) is 6. The van der Waals surface area contributed by atoms with E-state index in [0.29, 0.717) is 34.8 Å². The molecule has 0 aliphatic heterocycles. The Hall–Kier alpha value is -3.17. The third-order valence-electron chi connectivity index (χ3n) is 5.63. The van der Waals surface area contributed by atoms with Crippen molar-refractivity contribution in [3.05, 3.63) is 76.5 Å². The molecule has 2 heterocycles. The molecule has 0 aliphatic rings. The number of carbonyl (C=O) groups excluding carboxylic acids is 2. The minimum Gasteiger partial charge on any atom is -0.468 e. The van der Waals surface area contributed by atoms with Crippen molar-refractivity contribution in [2.45, 2.75) is 45.7 Å².